The predicted octanol–water partition coefficient (Wildman–Crippen LogP) is 3.64. The van der Waals surface area contributed by atoms with Crippen molar-refractivity contribution in [2.24, 2.45) is 5.92 Å². The summed E-state index contributed by atoms with van der Waals surface area (Å²) in [6.07, 6.45) is 0. The molecule has 3 nitrogen and oxygen atoms in total. The Morgan fingerprint density at radius 1 is 1.05 bits per heavy atom. The van der Waals surface area contributed by atoms with Gasteiger partial charge in [-0.05, 0) is 23.6 Å². The van der Waals surface area contributed by atoms with Crippen molar-refractivity contribution in [2.45, 2.75) is 20.4 Å². The fraction of sp³-hybridized carbons (Fsp3) is 0.316. The van der Waals surface area contributed by atoms with Crippen LogP contribution in [0.1, 0.15) is 19.4 Å². The number of hydrogen-bond donors (Lipinski definition) is 1. The maximum atomic E-state index is 11.5. The molecule has 22 heavy (non-hydrogen) atoms. The molecule has 3 heteroatoms. The van der Waals surface area contributed by atoms with Gasteiger partial charge in [-0.15, -0.1) is 0 Å². The Morgan fingerprint density at radius 3 is 2.32 bits per heavy atom. The highest BCUT2D eigenvalue weighted by molar-refractivity contribution is 5.72. The molecule has 0 aliphatic heterocycles. The first-order chi connectivity index (χ1) is 10.7. The summed E-state index contributed by atoms with van der Waals surface area (Å²) in [6.45, 7) is 5.51. The molecule has 0 amide bonds. The molecule has 0 heterocycles. The summed E-state index contributed by atoms with van der Waals surface area (Å²) in [7, 11) is 0. The van der Waals surface area contributed by atoms with E-state index in [0.717, 1.165) is 6.54 Å². The van der Waals surface area contributed by atoms with E-state index in [4.69, 9.17) is 4.74 Å². The molecule has 116 valence electrons. The van der Waals surface area contributed by atoms with Crippen LogP contribution in [0.15, 0.2) is 54.6 Å². The number of carbonyl (C=O) groups is 1. The van der Waals surface area contributed by atoms with Gasteiger partial charge in [0.05, 0.1) is 12.5 Å². The molecule has 0 aromatic heterocycles. The molecule has 0 bridgehead atoms. The number of esters is 1. The average Bonchev–Trinajstić information content (AvgIpc) is 2.56. The van der Waals surface area contributed by atoms with Crippen LogP contribution in [0, 0.1) is 5.92 Å². The quantitative estimate of drug-likeness (QED) is 0.793. The van der Waals surface area contributed by atoms with Gasteiger partial charge in [0.15, 0.2) is 0 Å². The molecule has 0 fully saturated rings. The molecule has 0 radical (unpaired) electrons. The minimum Gasteiger partial charge on any atom is -0.466 e. The van der Waals surface area contributed by atoms with Gasteiger partial charge in [-0.25, -0.2) is 0 Å². The van der Waals surface area contributed by atoms with Crippen LogP contribution in [0.5, 0.6) is 0 Å². The van der Waals surface area contributed by atoms with Crippen molar-refractivity contribution in [1.82, 2.24) is 5.32 Å². The van der Waals surface area contributed by atoms with Crippen LogP contribution in [-0.2, 0) is 16.1 Å². The van der Waals surface area contributed by atoms with E-state index in [1.165, 1.54) is 16.7 Å². The molecule has 2 aromatic rings. The molecule has 0 saturated carbocycles. The van der Waals surface area contributed by atoms with Crippen molar-refractivity contribution in [3.8, 4) is 11.1 Å². The van der Waals surface area contributed by atoms with Crippen molar-refractivity contribution >= 4 is 5.97 Å². The van der Waals surface area contributed by atoms with Gasteiger partial charge in [0.2, 0.25) is 0 Å². The molecule has 0 spiro atoms. The second-order valence-corrected chi connectivity index (χ2v) is 5.35. The van der Waals surface area contributed by atoms with Crippen LogP contribution in [0.25, 0.3) is 11.1 Å². The molecule has 1 N–H and O–H groups in total. The molecule has 2 rings (SSSR count). The fourth-order valence-corrected chi connectivity index (χ4v) is 2.25. The first-order valence-corrected chi connectivity index (χ1v) is 7.72. The minimum atomic E-state index is -0.144. The highest BCUT2D eigenvalue weighted by Crippen LogP contribution is 2.19. The third-order valence-electron chi connectivity index (χ3n) is 3.53. The summed E-state index contributed by atoms with van der Waals surface area (Å²) in [5.74, 6) is -0.266. The topological polar surface area (TPSA) is 38.3 Å². The van der Waals surface area contributed by atoms with Gasteiger partial charge < -0.3 is 10.1 Å². The molecule has 0 aliphatic rings. The third kappa shape index (κ3) is 4.71. The van der Waals surface area contributed by atoms with Crippen LogP contribution >= 0.6 is 0 Å². The number of nitrogens with one attached hydrogen (secondary N) is 1. The summed E-state index contributed by atoms with van der Waals surface area (Å²) >= 11 is 0. The molecule has 2 aromatic carbocycles. The zero-order valence-electron chi connectivity index (χ0n) is 13.2. The normalized spacial score (nSPS) is 11.9. The Kier molecular flexibility index (Phi) is 6.16. The summed E-state index contributed by atoms with van der Waals surface area (Å²) in [6, 6.07) is 18.8. The van der Waals surface area contributed by atoms with Crippen molar-refractivity contribution in [2.75, 3.05) is 13.2 Å². The van der Waals surface area contributed by atoms with Gasteiger partial charge in [0, 0.05) is 13.1 Å². The summed E-state index contributed by atoms with van der Waals surface area (Å²) in [4.78, 5) is 11.5. The van der Waals surface area contributed by atoms with Crippen molar-refractivity contribution in [3.63, 3.8) is 0 Å². The van der Waals surface area contributed by atoms with E-state index in [-0.39, 0.29) is 11.9 Å². The maximum Gasteiger partial charge on any atom is 0.309 e. The van der Waals surface area contributed by atoms with Gasteiger partial charge in [0.25, 0.3) is 0 Å². The van der Waals surface area contributed by atoms with Crippen molar-refractivity contribution < 1.29 is 9.53 Å². The number of rotatable bonds is 7. The van der Waals surface area contributed by atoms with Crippen LogP contribution < -0.4 is 5.32 Å². The van der Waals surface area contributed by atoms with E-state index in [1.807, 2.05) is 32.0 Å². The van der Waals surface area contributed by atoms with E-state index >= 15 is 0 Å². The van der Waals surface area contributed by atoms with Gasteiger partial charge in [-0.1, -0.05) is 61.5 Å². The van der Waals surface area contributed by atoms with Crippen LogP contribution in [-0.4, -0.2) is 19.1 Å². The van der Waals surface area contributed by atoms with Crippen molar-refractivity contribution in [3.05, 3.63) is 60.2 Å². The second-order valence-electron chi connectivity index (χ2n) is 5.35. The maximum absolute atomic E-state index is 11.5. The second kappa shape index (κ2) is 8.35. The number of carbonyl (C=O) groups excluding carboxylic acids is 1. The minimum absolute atomic E-state index is 0.122. The van der Waals surface area contributed by atoms with E-state index in [0.29, 0.717) is 13.2 Å². The SMILES string of the molecule is CCOC(=O)C(C)CNCc1ccc(-c2ccccc2)cc1. The molecule has 0 saturated heterocycles. The molecule has 0 aliphatic carbocycles. The van der Waals surface area contributed by atoms with E-state index < -0.39 is 0 Å². The van der Waals surface area contributed by atoms with Gasteiger partial charge in [0.1, 0.15) is 0 Å². The lowest BCUT2D eigenvalue weighted by Crippen LogP contribution is -2.27. The van der Waals surface area contributed by atoms with E-state index in [1.54, 1.807) is 0 Å². The van der Waals surface area contributed by atoms with Crippen LogP contribution in [0.2, 0.25) is 0 Å². The molecule has 1 unspecified atom stereocenters. The zero-order valence-corrected chi connectivity index (χ0v) is 13.2. The molecular formula is C19H23NO2. The predicted molar refractivity (Wildman–Crippen MR) is 89.4 cm³/mol. The fourth-order valence-electron chi connectivity index (χ4n) is 2.25. The standard InChI is InChI=1S/C19H23NO2/c1-3-22-19(21)15(2)13-20-14-16-9-11-18(12-10-16)17-7-5-4-6-8-17/h4-12,15,20H,3,13-14H2,1-2H3. The number of benzene rings is 2. The Hall–Kier alpha value is -2.13. The van der Waals surface area contributed by atoms with Crippen molar-refractivity contribution in [1.29, 1.82) is 0 Å². The van der Waals surface area contributed by atoms with Gasteiger partial charge in [-0.3, -0.25) is 4.79 Å². The number of hydrogen-bond acceptors (Lipinski definition) is 3. The van der Waals surface area contributed by atoms with Gasteiger partial charge >= 0.3 is 5.97 Å². The van der Waals surface area contributed by atoms with Gasteiger partial charge in [-0.2, -0.15) is 0 Å². The first kappa shape index (κ1) is 16.2. The van der Waals surface area contributed by atoms with Crippen LogP contribution in [0.3, 0.4) is 0 Å². The Morgan fingerprint density at radius 2 is 1.68 bits per heavy atom. The largest absolute Gasteiger partial charge is 0.466 e. The molecule has 1 atom stereocenters. The monoisotopic (exact) mass is 297 g/mol. The van der Waals surface area contributed by atoms with E-state index in [2.05, 4.69) is 41.7 Å². The first-order valence-electron chi connectivity index (χ1n) is 7.72. The van der Waals surface area contributed by atoms with Crippen LogP contribution in [0.4, 0.5) is 0 Å². The lowest BCUT2D eigenvalue weighted by molar-refractivity contribution is -0.147. The Balaban J connectivity index is 1.83. The summed E-state index contributed by atoms with van der Waals surface area (Å²) in [5, 5.41) is 3.30. The lowest BCUT2D eigenvalue weighted by Gasteiger charge is -2.11. The third-order valence-corrected chi connectivity index (χ3v) is 3.53. The smallest absolute Gasteiger partial charge is 0.309 e. The summed E-state index contributed by atoms with van der Waals surface area (Å²) < 4.78 is 4.99. The van der Waals surface area contributed by atoms with E-state index in [9.17, 15) is 4.79 Å². The number of ether oxygens (including phenoxy) is 1. The molecular weight excluding hydrogens is 274 g/mol. The summed E-state index contributed by atoms with van der Waals surface area (Å²) in [5.41, 5.74) is 3.64. The Bertz CT molecular complexity index is 578. The zero-order chi connectivity index (χ0) is 15.8. The average molecular weight is 297 g/mol. The lowest BCUT2D eigenvalue weighted by atomic mass is 10.0. The highest BCUT2D eigenvalue weighted by atomic mass is 16.5. The highest BCUT2D eigenvalue weighted by Gasteiger charge is 2.12. The Labute approximate surface area is 132 Å².